The van der Waals surface area contributed by atoms with Gasteiger partial charge in [0.1, 0.15) is 0 Å². The fourth-order valence-corrected chi connectivity index (χ4v) is 2.21. The van der Waals surface area contributed by atoms with Gasteiger partial charge in [0.2, 0.25) is 5.91 Å². The van der Waals surface area contributed by atoms with Gasteiger partial charge in [0, 0.05) is 0 Å². The lowest BCUT2D eigenvalue weighted by molar-refractivity contribution is -0.122. The Kier molecular flexibility index (Phi) is 4.02. The molecule has 0 radical (unpaired) electrons. The smallest absolute Gasteiger partial charge is 0.243 e. The number of nitrogens with zero attached hydrogens (tertiary/aromatic N) is 1. The van der Waals surface area contributed by atoms with Gasteiger partial charge in [-0.05, 0) is 18.6 Å². The summed E-state index contributed by atoms with van der Waals surface area (Å²) in [5, 5.41) is 1.96. The van der Waals surface area contributed by atoms with Crippen LogP contribution in [0.4, 0.5) is 5.69 Å². The number of para-hydroxylation sites is 1. The molecular formula is C14H20N2O. The second-order valence-electron chi connectivity index (χ2n) is 4.61. The highest BCUT2D eigenvalue weighted by atomic mass is 16.2. The molecule has 1 aliphatic heterocycles. The van der Waals surface area contributed by atoms with Crippen LogP contribution in [0.3, 0.4) is 0 Å². The Labute approximate surface area is 103 Å². The summed E-state index contributed by atoms with van der Waals surface area (Å²) in [6.45, 7) is 2.98. The van der Waals surface area contributed by atoms with Crippen molar-refractivity contribution in [3.05, 3.63) is 30.3 Å². The molecule has 1 aliphatic rings. The predicted molar refractivity (Wildman–Crippen MR) is 69.6 cm³/mol. The van der Waals surface area contributed by atoms with E-state index < -0.39 is 0 Å². The summed E-state index contributed by atoms with van der Waals surface area (Å²) in [6, 6.07) is 10.0. The van der Waals surface area contributed by atoms with Crippen molar-refractivity contribution in [2.45, 2.75) is 32.6 Å². The lowest BCUT2D eigenvalue weighted by atomic mass is 10.0. The van der Waals surface area contributed by atoms with Crippen LogP contribution in [-0.4, -0.2) is 12.5 Å². The summed E-state index contributed by atoms with van der Waals surface area (Å²) in [5.41, 5.74) is 4.01. The first-order valence-corrected chi connectivity index (χ1v) is 6.44. The largest absolute Gasteiger partial charge is 0.285 e. The molecule has 3 heteroatoms. The molecule has 1 amide bonds. The predicted octanol–water partition coefficient (Wildman–Crippen LogP) is 2.73. The van der Waals surface area contributed by atoms with E-state index in [1.54, 1.807) is 0 Å². The minimum Gasteiger partial charge on any atom is -0.285 e. The molecule has 3 nitrogen and oxygen atoms in total. The maximum atomic E-state index is 11.8. The fraction of sp³-hybridized carbons (Fsp3) is 0.500. The van der Waals surface area contributed by atoms with Crippen molar-refractivity contribution in [3.63, 3.8) is 0 Å². The van der Waals surface area contributed by atoms with Crippen LogP contribution < -0.4 is 10.4 Å². The van der Waals surface area contributed by atoms with Gasteiger partial charge in [-0.1, -0.05) is 44.4 Å². The molecule has 1 N–H and O–H groups in total. The lowest BCUT2D eigenvalue weighted by Gasteiger charge is -2.17. The van der Waals surface area contributed by atoms with Crippen LogP contribution in [0.1, 0.15) is 32.6 Å². The first-order valence-electron chi connectivity index (χ1n) is 6.44. The lowest BCUT2D eigenvalue weighted by Crippen LogP contribution is -2.32. The molecule has 2 rings (SSSR count). The van der Waals surface area contributed by atoms with Crippen molar-refractivity contribution in [2.24, 2.45) is 5.92 Å². The molecule has 1 aromatic carbocycles. The Morgan fingerprint density at radius 3 is 2.76 bits per heavy atom. The summed E-state index contributed by atoms with van der Waals surface area (Å²) in [4.78, 5) is 11.8. The fourth-order valence-electron chi connectivity index (χ4n) is 2.21. The summed E-state index contributed by atoms with van der Waals surface area (Å²) in [6.07, 6.45) is 4.58. The topological polar surface area (TPSA) is 32.3 Å². The Bertz CT molecular complexity index is 364. The number of nitrogens with one attached hydrogen (secondary N) is 1. The summed E-state index contributed by atoms with van der Waals surface area (Å²) in [5.74, 6) is 0.326. The molecule has 1 unspecified atom stereocenters. The zero-order valence-electron chi connectivity index (χ0n) is 10.4. The van der Waals surface area contributed by atoms with Crippen molar-refractivity contribution < 1.29 is 4.79 Å². The van der Waals surface area contributed by atoms with Crippen LogP contribution in [0.25, 0.3) is 0 Å². The number of hydrazine groups is 1. The van der Waals surface area contributed by atoms with E-state index >= 15 is 0 Å². The zero-order chi connectivity index (χ0) is 12.1. The Balaban J connectivity index is 1.91. The first-order chi connectivity index (χ1) is 8.31. The van der Waals surface area contributed by atoms with Crippen molar-refractivity contribution in [2.75, 3.05) is 11.6 Å². The average Bonchev–Trinajstić information content (AvgIpc) is 2.73. The molecule has 0 aromatic heterocycles. The van der Waals surface area contributed by atoms with E-state index in [1.165, 1.54) is 12.8 Å². The van der Waals surface area contributed by atoms with Crippen LogP contribution in [0.5, 0.6) is 0 Å². The van der Waals surface area contributed by atoms with Crippen molar-refractivity contribution in [1.82, 2.24) is 5.43 Å². The van der Waals surface area contributed by atoms with Crippen LogP contribution in [-0.2, 0) is 4.79 Å². The van der Waals surface area contributed by atoms with E-state index in [-0.39, 0.29) is 11.8 Å². The molecule has 17 heavy (non-hydrogen) atoms. The molecule has 1 saturated heterocycles. The third-order valence-corrected chi connectivity index (χ3v) is 3.24. The number of carbonyl (C=O) groups is 1. The minimum atomic E-state index is 0.154. The van der Waals surface area contributed by atoms with E-state index in [9.17, 15) is 4.79 Å². The monoisotopic (exact) mass is 232 g/mol. The molecule has 1 fully saturated rings. The second-order valence-corrected chi connectivity index (χ2v) is 4.61. The van der Waals surface area contributed by atoms with Gasteiger partial charge in [-0.15, -0.1) is 0 Å². The van der Waals surface area contributed by atoms with Gasteiger partial charge in [0.15, 0.2) is 0 Å². The number of carbonyl (C=O) groups excluding carboxylic acids is 1. The number of benzene rings is 1. The van der Waals surface area contributed by atoms with E-state index in [2.05, 4.69) is 12.3 Å². The zero-order valence-corrected chi connectivity index (χ0v) is 10.4. The average molecular weight is 232 g/mol. The van der Waals surface area contributed by atoms with E-state index in [1.807, 2.05) is 35.3 Å². The number of anilines is 1. The first kappa shape index (κ1) is 12.0. The number of hydrogen-bond donors (Lipinski definition) is 1. The summed E-state index contributed by atoms with van der Waals surface area (Å²) >= 11 is 0. The SMILES string of the molecule is CCCCCC1CN(c2ccccc2)NC1=O. The van der Waals surface area contributed by atoms with Gasteiger partial charge in [-0.25, -0.2) is 0 Å². The normalized spacial score (nSPS) is 19.5. The van der Waals surface area contributed by atoms with Gasteiger partial charge in [-0.3, -0.25) is 15.2 Å². The minimum absolute atomic E-state index is 0.154. The molecule has 0 spiro atoms. The molecule has 0 aliphatic carbocycles. The number of hydrogen-bond acceptors (Lipinski definition) is 2. The molecule has 0 saturated carbocycles. The third kappa shape index (κ3) is 2.99. The van der Waals surface area contributed by atoms with Crippen molar-refractivity contribution in [3.8, 4) is 0 Å². The Morgan fingerprint density at radius 2 is 2.06 bits per heavy atom. The highest BCUT2D eigenvalue weighted by molar-refractivity contribution is 5.84. The van der Waals surface area contributed by atoms with Crippen LogP contribution >= 0.6 is 0 Å². The standard InChI is InChI=1S/C14H20N2O/c1-2-3-5-8-12-11-16(15-14(12)17)13-9-6-4-7-10-13/h4,6-7,9-10,12H,2-3,5,8,11H2,1H3,(H,15,17). The molecule has 1 heterocycles. The van der Waals surface area contributed by atoms with Gasteiger partial charge in [0.25, 0.3) is 0 Å². The number of rotatable bonds is 5. The van der Waals surface area contributed by atoms with E-state index in [0.717, 1.165) is 25.1 Å². The summed E-state index contributed by atoms with van der Waals surface area (Å²) < 4.78 is 0. The van der Waals surface area contributed by atoms with Gasteiger partial charge >= 0.3 is 0 Å². The van der Waals surface area contributed by atoms with Gasteiger partial charge in [-0.2, -0.15) is 0 Å². The van der Waals surface area contributed by atoms with Gasteiger partial charge in [0.05, 0.1) is 18.2 Å². The van der Waals surface area contributed by atoms with Crippen molar-refractivity contribution in [1.29, 1.82) is 0 Å². The maximum absolute atomic E-state index is 11.8. The number of unbranched alkanes of at least 4 members (excludes halogenated alkanes) is 2. The van der Waals surface area contributed by atoms with Gasteiger partial charge < -0.3 is 0 Å². The quantitative estimate of drug-likeness (QED) is 0.792. The Morgan fingerprint density at radius 1 is 1.29 bits per heavy atom. The van der Waals surface area contributed by atoms with Crippen LogP contribution in [0, 0.1) is 5.92 Å². The Hall–Kier alpha value is -1.51. The molecule has 0 bridgehead atoms. The molecule has 1 atom stereocenters. The highest BCUT2D eigenvalue weighted by Gasteiger charge is 2.29. The maximum Gasteiger partial charge on any atom is 0.243 e. The van der Waals surface area contributed by atoms with E-state index in [0.29, 0.717) is 0 Å². The molecule has 1 aromatic rings. The molecular weight excluding hydrogens is 212 g/mol. The van der Waals surface area contributed by atoms with Crippen LogP contribution in [0.15, 0.2) is 30.3 Å². The number of amides is 1. The third-order valence-electron chi connectivity index (χ3n) is 3.24. The molecule has 92 valence electrons. The second kappa shape index (κ2) is 5.71. The van der Waals surface area contributed by atoms with Crippen molar-refractivity contribution >= 4 is 11.6 Å². The van der Waals surface area contributed by atoms with E-state index in [4.69, 9.17) is 0 Å². The van der Waals surface area contributed by atoms with Crippen LogP contribution in [0.2, 0.25) is 0 Å². The summed E-state index contributed by atoms with van der Waals surface area (Å²) in [7, 11) is 0. The highest BCUT2D eigenvalue weighted by Crippen LogP contribution is 2.21.